The Kier molecular flexibility index (Phi) is 8.71. The Balaban J connectivity index is 1.33. The number of carbonyl (C=O) groups is 1. The lowest BCUT2D eigenvalue weighted by Crippen LogP contribution is -2.44. The Morgan fingerprint density at radius 1 is 1.35 bits per heavy atom. The number of likely N-dealkylation sites (tertiary alicyclic amines) is 1. The number of nitrogens with zero attached hydrogens (tertiary/aromatic N) is 2. The van der Waals surface area contributed by atoms with Crippen molar-refractivity contribution in [2.45, 2.75) is 29.6 Å². The summed E-state index contributed by atoms with van der Waals surface area (Å²) in [5.41, 5.74) is 1.61. The average molecular weight is 521 g/mol. The molecule has 0 radical (unpaired) electrons. The third kappa shape index (κ3) is 6.23. The van der Waals surface area contributed by atoms with Gasteiger partial charge in [0.2, 0.25) is 0 Å². The van der Waals surface area contributed by atoms with Gasteiger partial charge in [0.15, 0.2) is 0 Å². The van der Waals surface area contributed by atoms with Crippen LogP contribution in [-0.4, -0.2) is 58.6 Å². The summed E-state index contributed by atoms with van der Waals surface area (Å²) in [5, 5.41) is 21.7. The zero-order chi connectivity index (χ0) is 24.1. The molecule has 1 saturated heterocycles. The number of fused-ring (bicyclic) bond motifs is 1. The highest BCUT2D eigenvalue weighted by molar-refractivity contribution is 8.01. The van der Waals surface area contributed by atoms with Crippen LogP contribution in [0.15, 0.2) is 46.8 Å². The molecular formula is C25H29ClN2O4S2. The molecule has 1 aliphatic rings. The first-order valence-electron chi connectivity index (χ1n) is 11.4. The molecule has 0 aliphatic carbocycles. The van der Waals surface area contributed by atoms with Crippen LogP contribution < -0.4 is 4.74 Å². The molecule has 3 atom stereocenters. The van der Waals surface area contributed by atoms with Gasteiger partial charge in [-0.3, -0.25) is 9.78 Å². The Morgan fingerprint density at radius 2 is 2.21 bits per heavy atom. The van der Waals surface area contributed by atoms with Gasteiger partial charge in [-0.15, -0.1) is 23.1 Å². The van der Waals surface area contributed by atoms with Crippen molar-refractivity contribution in [2.75, 3.05) is 32.5 Å². The van der Waals surface area contributed by atoms with Crippen LogP contribution in [0.1, 0.15) is 30.9 Å². The van der Waals surface area contributed by atoms with Gasteiger partial charge < -0.3 is 19.8 Å². The number of thioether (sulfide) groups is 1. The average Bonchev–Trinajstić information content (AvgIpc) is 3.26. The highest BCUT2D eigenvalue weighted by Crippen LogP contribution is 2.34. The van der Waals surface area contributed by atoms with E-state index in [-0.39, 0.29) is 5.92 Å². The highest BCUT2D eigenvalue weighted by Gasteiger charge is 2.34. The minimum absolute atomic E-state index is 0.0507. The van der Waals surface area contributed by atoms with E-state index >= 15 is 0 Å². The summed E-state index contributed by atoms with van der Waals surface area (Å²) in [6.07, 6.45) is 3.03. The topological polar surface area (TPSA) is 82.9 Å². The van der Waals surface area contributed by atoms with Crippen LogP contribution in [0, 0.1) is 11.8 Å². The predicted molar refractivity (Wildman–Crippen MR) is 138 cm³/mol. The van der Waals surface area contributed by atoms with E-state index in [1.807, 2.05) is 36.4 Å². The summed E-state index contributed by atoms with van der Waals surface area (Å²) in [6, 6.07) is 11.4. The molecule has 1 unspecified atom stereocenters. The largest absolute Gasteiger partial charge is 0.497 e. The van der Waals surface area contributed by atoms with Crippen molar-refractivity contribution in [1.29, 1.82) is 0 Å². The van der Waals surface area contributed by atoms with E-state index in [2.05, 4.69) is 9.88 Å². The summed E-state index contributed by atoms with van der Waals surface area (Å²) in [7, 11) is 1.61. The molecule has 182 valence electrons. The molecule has 0 saturated carbocycles. The lowest BCUT2D eigenvalue weighted by atomic mass is 9.81. The molecule has 0 bridgehead atoms. The van der Waals surface area contributed by atoms with Gasteiger partial charge in [-0.25, -0.2) is 0 Å². The normalized spacial score (nSPS) is 19.9. The molecule has 2 aromatic heterocycles. The lowest BCUT2D eigenvalue weighted by molar-refractivity contribution is -0.146. The van der Waals surface area contributed by atoms with Gasteiger partial charge in [0, 0.05) is 30.4 Å². The molecule has 1 aromatic carbocycles. The smallest absolute Gasteiger partial charge is 0.308 e. The number of benzene rings is 1. The van der Waals surface area contributed by atoms with Gasteiger partial charge >= 0.3 is 5.97 Å². The van der Waals surface area contributed by atoms with Crippen LogP contribution in [0.25, 0.3) is 10.9 Å². The van der Waals surface area contributed by atoms with Crippen molar-refractivity contribution in [1.82, 2.24) is 9.88 Å². The fourth-order valence-electron chi connectivity index (χ4n) is 4.64. The van der Waals surface area contributed by atoms with Crippen LogP contribution in [0.5, 0.6) is 5.75 Å². The SMILES string of the molecule is COc1ccc2nccc(C(O)CC[C@@H]3CCN(CCSc4ccc(Cl)s4)C[C@@H]3C(=O)O)c2c1. The highest BCUT2D eigenvalue weighted by atomic mass is 35.5. The summed E-state index contributed by atoms with van der Waals surface area (Å²) < 4.78 is 7.30. The Bertz CT molecular complexity index is 1130. The van der Waals surface area contributed by atoms with Crippen molar-refractivity contribution in [2.24, 2.45) is 11.8 Å². The number of thiophene rings is 1. The van der Waals surface area contributed by atoms with E-state index in [1.165, 1.54) is 4.21 Å². The van der Waals surface area contributed by atoms with E-state index in [4.69, 9.17) is 16.3 Å². The van der Waals surface area contributed by atoms with E-state index in [0.29, 0.717) is 25.1 Å². The van der Waals surface area contributed by atoms with Crippen molar-refractivity contribution < 1.29 is 19.7 Å². The summed E-state index contributed by atoms with van der Waals surface area (Å²) in [4.78, 5) is 18.7. The second-order valence-corrected chi connectivity index (χ2v) is 11.7. The maximum Gasteiger partial charge on any atom is 0.308 e. The number of hydrogen-bond acceptors (Lipinski definition) is 7. The monoisotopic (exact) mass is 520 g/mol. The minimum atomic E-state index is -0.749. The number of carboxylic acids is 1. The molecule has 3 aromatic rings. The first kappa shape index (κ1) is 25.3. The third-order valence-corrected chi connectivity index (χ3v) is 8.95. The fourth-order valence-corrected chi connectivity index (χ4v) is 7.02. The van der Waals surface area contributed by atoms with Crippen LogP contribution in [0.4, 0.5) is 0 Å². The molecule has 1 aliphatic heterocycles. The molecule has 3 heterocycles. The van der Waals surface area contributed by atoms with Gasteiger partial charge in [0.25, 0.3) is 0 Å². The van der Waals surface area contributed by atoms with Crippen molar-refractivity contribution >= 4 is 51.6 Å². The number of pyridine rings is 1. The molecule has 1 fully saturated rings. The van der Waals surface area contributed by atoms with Crippen molar-refractivity contribution in [3.8, 4) is 5.75 Å². The van der Waals surface area contributed by atoms with Crippen LogP contribution in [0.2, 0.25) is 4.34 Å². The van der Waals surface area contributed by atoms with Crippen molar-refractivity contribution in [3.63, 3.8) is 0 Å². The summed E-state index contributed by atoms with van der Waals surface area (Å²) >= 11 is 9.32. The number of hydrogen-bond donors (Lipinski definition) is 2. The molecule has 34 heavy (non-hydrogen) atoms. The zero-order valence-electron chi connectivity index (χ0n) is 19.0. The predicted octanol–water partition coefficient (Wildman–Crippen LogP) is 5.59. The first-order valence-corrected chi connectivity index (χ1v) is 13.6. The molecule has 0 amide bonds. The number of carboxylic acid groups (broad SMARTS) is 1. The maximum atomic E-state index is 12.0. The van der Waals surface area contributed by atoms with E-state index in [1.54, 1.807) is 36.4 Å². The van der Waals surface area contributed by atoms with E-state index in [0.717, 1.165) is 46.1 Å². The maximum absolute atomic E-state index is 12.0. The number of aliphatic hydroxyl groups is 1. The first-order chi connectivity index (χ1) is 16.4. The Morgan fingerprint density at radius 3 is 2.94 bits per heavy atom. The number of aliphatic carboxylic acids is 1. The van der Waals surface area contributed by atoms with Crippen LogP contribution >= 0.6 is 34.7 Å². The molecule has 9 heteroatoms. The van der Waals surface area contributed by atoms with Crippen LogP contribution in [0.3, 0.4) is 0 Å². The number of ether oxygens (including phenoxy) is 1. The van der Waals surface area contributed by atoms with Crippen molar-refractivity contribution in [3.05, 3.63) is 52.5 Å². The Hall–Kier alpha value is -1.84. The number of halogens is 1. The van der Waals surface area contributed by atoms with E-state index < -0.39 is 18.0 Å². The van der Waals surface area contributed by atoms with E-state index in [9.17, 15) is 15.0 Å². The van der Waals surface area contributed by atoms with Gasteiger partial charge in [-0.1, -0.05) is 11.6 Å². The van der Waals surface area contributed by atoms with Gasteiger partial charge in [-0.05, 0) is 73.7 Å². The van der Waals surface area contributed by atoms with Gasteiger partial charge in [-0.2, -0.15) is 0 Å². The minimum Gasteiger partial charge on any atom is -0.497 e. The standard InChI is InChI=1S/C25H29ClN2O4S2/c1-32-17-3-4-21-19(14-17)18(8-10-27-21)22(29)5-2-16-9-11-28(15-20(16)25(30)31)12-13-33-24-7-6-23(26)34-24/h3-4,6-8,10,14,16,20,22,29H,2,5,9,11-13,15H2,1H3,(H,30,31)/t16-,20+,22?/m1/s1. The molecule has 6 nitrogen and oxygen atoms in total. The molecule has 0 spiro atoms. The quantitative estimate of drug-likeness (QED) is 0.337. The number of rotatable bonds is 10. The van der Waals surface area contributed by atoms with Gasteiger partial charge in [0.1, 0.15) is 5.75 Å². The van der Waals surface area contributed by atoms with Crippen LogP contribution in [-0.2, 0) is 4.79 Å². The van der Waals surface area contributed by atoms with Gasteiger partial charge in [0.05, 0.1) is 33.2 Å². The number of aliphatic hydroxyl groups excluding tert-OH is 1. The zero-order valence-corrected chi connectivity index (χ0v) is 21.4. The number of methoxy groups -OCH3 is 1. The number of aromatic nitrogens is 1. The second kappa shape index (κ2) is 11.7. The number of piperidine rings is 1. The molecular weight excluding hydrogens is 492 g/mol. The Labute approximate surface area is 212 Å². The second-order valence-electron chi connectivity index (χ2n) is 8.58. The third-order valence-electron chi connectivity index (χ3n) is 6.51. The summed E-state index contributed by atoms with van der Waals surface area (Å²) in [6.45, 7) is 2.28. The fraction of sp³-hybridized carbons (Fsp3) is 0.440. The lowest BCUT2D eigenvalue weighted by Gasteiger charge is -2.36. The summed E-state index contributed by atoms with van der Waals surface area (Å²) in [5.74, 6) is 0.505. The molecule has 4 rings (SSSR count). The molecule has 2 N–H and O–H groups in total.